The molecule has 1 heterocycles. The average molecular weight is 272 g/mol. The highest BCUT2D eigenvalue weighted by molar-refractivity contribution is 5.76. The number of nitro groups is 1. The number of rotatable bonds is 7. The minimum Gasteiger partial charge on any atom is -0.394 e. The van der Waals surface area contributed by atoms with Crippen molar-refractivity contribution in [2.45, 2.75) is 25.4 Å². The fourth-order valence-corrected chi connectivity index (χ4v) is 1.32. The van der Waals surface area contributed by atoms with Crippen LogP contribution in [-0.2, 0) is 11.3 Å². The fraction of sp³-hybridized carbons (Fsp3) is 0.600. The number of amides is 1. The van der Waals surface area contributed by atoms with Crippen LogP contribution in [0.5, 0.6) is 0 Å². The summed E-state index contributed by atoms with van der Waals surface area (Å²) in [6.07, 6.45) is 2.55. The monoisotopic (exact) mass is 272 g/mol. The van der Waals surface area contributed by atoms with Crippen molar-refractivity contribution in [2.24, 2.45) is 0 Å². The van der Waals surface area contributed by atoms with Gasteiger partial charge in [-0.05, 0) is 16.8 Å². The van der Waals surface area contributed by atoms with Crippen molar-refractivity contribution in [2.75, 3.05) is 13.2 Å². The molecule has 0 unspecified atom stereocenters. The predicted octanol–water partition coefficient (Wildman–Crippen LogP) is -0.959. The molecule has 0 saturated heterocycles. The number of carbonyl (C=O) groups is 1. The smallest absolute Gasteiger partial charge is 0.381 e. The van der Waals surface area contributed by atoms with Gasteiger partial charge in [-0.2, -0.15) is 0 Å². The molecule has 0 aromatic carbocycles. The molecule has 0 spiro atoms. The van der Waals surface area contributed by atoms with Crippen molar-refractivity contribution in [1.29, 1.82) is 0 Å². The lowest BCUT2D eigenvalue weighted by Gasteiger charge is -2.26. The number of nitrogens with one attached hydrogen (secondary N) is 1. The summed E-state index contributed by atoms with van der Waals surface area (Å²) in [4.78, 5) is 24.9. The highest BCUT2D eigenvalue weighted by Gasteiger charge is 2.24. The molecule has 9 heteroatoms. The molecule has 3 N–H and O–H groups in total. The number of hydrogen-bond donors (Lipinski definition) is 3. The van der Waals surface area contributed by atoms with Crippen molar-refractivity contribution >= 4 is 11.7 Å². The van der Waals surface area contributed by atoms with E-state index in [-0.39, 0.29) is 37.9 Å². The van der Waals surface area contributed by atoms with E-state index in [0.29, 0.717) is 0 Å². The molecular formula is C10H16N4O5. The first-order chi connectivity index (χ1) is 8.90. The third-order valence-electron chi connectivity index (χ3n) is 2.54. The lowest BCUT2D eigenvalue weighted by molar-refractivity contribution is -0.389. The van der Waals surface area contributed by atoms with Gasteiger partial charge in [0.15, 0.2) is 0 Å². The number of hydrogen-bond acceptors (Lipinski definition) is 6. The van der Waals surface area contributed by atoms with Crippen molar-refractivity contribution in [3.8, 4) is 0 Å². The van der Waals surface area contributed by atoms with E-state index < -0.39 is 10.5 Å². The second-order valence-corrected chi connectivity index (χ2v) is 4.40. The average Bonchev–Trinajstić information content (AvgIpc) is 2.85. The van der Waals surface area contributed by atoms with Crippen LogP contribution in [0.2, 0.25) is 0 Å². The van der Waals surface area contributed by atoms with E-state index >= 15 is 0 Å². The van der Waals surface area contributed by atoms with Gasteiger partial charge in [0.1, 0.15) is 6.20 Å². The number of aryl methyl sites for hydroxylation is 1. The van der Waals surface area contributed by atoms with E-state index in [9.17, 15) is 14.9 Å². The van der Waals surface area contributed by atoms with Gasteiger partial charge in [-0.1, -0.05) is 0 Å². The Labute approximate surface area is 109 Å². The second kappa shape index (κ2) is 6.25. The van der Waals surface area contributed by atoms with Crippen LogP contribution in [0, 0.1) is 10.1 Å². The number of nitrogens with zero attached hydrogens (tertiary/aromatic N) is 3. The van der Waals surface area contributed by atoms with Crippen LogP contribution in [0.3, 0.4) is 0 Å². The molecule has 0 aliphatic rings. The molecule has 0 bridgehead atoms. The number of aromatic nitrogens is 2. The molecular weight excluding hydrogens is 256 g/mol. The summed E-state index contributed by atoms with van der Waals surface area (Å²) < 4.78 is 1.42. The van der Waals surface area contributed by atoms with Gasteiger partial charge in [0.25, 0.3) is 0 Å². The maximum Gasteiger partial charge on any atom is 0.381 e. The minimum absolute atomic E-state index is 0.0586. The van der Waals surface area contributed by atoms with E-state index in [1.165, 1.54) is 24.0 Å². The van der Waals surface area contributed by atoms with E-state index in [1.54, 1.807) is 0 Å². The summed E-state index contributed by atoms with van der Waals surface area (Å²) >= 11 is 0. The maximum atomic E-state index is 11.6. The Balaban J connectivity index is 2.47. The number of aliphatic hydroxyl groups is 2. The van der Waals surface area contributed by atoms with E-state index in [1.807, 2.05) is 0 Å². The third-order valence-corrected chi connectivity index (χ3v) is 2.54. The van der Waals surface area contributed by atoms with E-state index in [4.69, 9.17) is 10.2 Å². The lowest BCUT2D eigenvalue weighted by atomic mass is 10.1. The first-order valence-electron chi connectivity index (χ1n) is 5.59. The van der Waals surface area contributed by atoms with Gasteiger partial charge in [-0.15, -0.1) is 0 Å². The van der Waals surface area contributed by atoms with Crippen LogP contribution in [0.15, 0.2) is 12.5 Å². The molecule has 1 amide bonds. The van der Waals surface area contributed by atoms with Crippen molar-refractivity contribution in [3.05, 3.63) is 22.6 Å². The first kappa shape index (κ1) is 15.1. The van der Waals surface area contributed by atoms with E-state index in [2.05, 4.69) is 10.3 Å². The summed E-state index contributed by atoms with van der Waals surface area (Å²) in [5, 5.41) is 30.9. The number of aliphatic hydroxyl groups excluding tert-OH is 2. The van der Waals surface area contributed by atoms with Crippen molar-refractivity contribution in [1.82, 2.24) is 14.9 Å². The standard InChI is InChI=1S/C10H16N4O5/c1-10(5-15,6-16)12-9(17)2-3-13-4-8(11-7-13)14(18)19/h4,7,15-16H,2-3,5-6H2,1H3,(H,12,17). The van der Waals surface area contributed by atoms with Gasteiger partial charge >= 0.3 is 5.82 Å². The minimum atomic E-state index is -1.07. The summed E-state index contributed by atoms with van der Waals surface area (Å²) in [5.74, 6) is -0.655. The van der Waals surface area contributed by atoms with Crippen LogP contribution in [0.25, 0.3) is 0 Å². The molecule has 0 aliphatic carbocycles. The van der Waals surface area contributed by atoms with Crippen molar-refractivity contribution in [3.63, 3.8) is 0 Å². The van der Waals surface area contributed by atoms with Crippen LogP contribution in [0.1, 0.15) is 13.3 Å². The zero-order chi connectivity index (χ0) is 14.5. The molecule has 0 radical (unpaired) electrons. The highest BCUT2D eigenvalue weighted by Crippen LogP contribution is 2.07. The Bertz CT molecular complexity index is 455. The van der Waals surface area contributed by atoms with Gasteiger partial charge in [-0.25, -0.2) is 0 Å². The summed E-state index contributed by atoms with van der Waals surface area (Å²) in [7, 11) is 0. The summed E-state index contributed by atoms with van der Waals surface area (Å²) in [6.45, 7) is 0.962. The number of imidazole rings is 1. The summed E-state index contributed by atoms with van der Waals surface area (Å²) in [6, 6.07) is 0. The fourth-order valence-electron chi connectivity index (χ4n) is 1.32. The third kappa shape index (κ3) is 4.30. The first-order valence-corrected chi connectivity index (χ1v) is 5.59. The van der Waals surface area contributed by atoms with Crippen molar-refractivity contribution < 1.29 is 19.9 Å². The van der Waals surface area contributed by atoms with Crippen LogP contribution in [0.4, 0.5) is 5.82 Å². The van der Waals surface area contributed by atoms with E-state index in [0.717, 1.165) is 0 Å². The molecule has 9 nitrogen and oxygen atoms in total. The Morgan fingerprint density at radius 3 is 2.68 bits per heavy atom. The topological polar surface area (TPSA) is 131 Å². The molecule has 0 fully saturated rings. The van der Waals surface area contributed by atoms with Crippen LogP contribution >= 0.6 is 0 Å². The zero-order valence-electron chi connectivity index (χ0n) is 10.4. The Hall–Kier alpha value is -2.00. The second-order valence-electron chi connectivity index (χ2n) is 4.40. The molecule has 1 rings (SSSR count). The Morgan fingerprint density at radius 2 is 2.21 bits per heavy atom. The van der Waals surface area contributed by atoms with Gasteiger partial charge in [-0.3, -0.25) is 4.79 Å². The Kier molecular flexibility index (Phi) is 4.95. The van der Waals surface area contributed by atoms with Crippen LogP contribution in [-0.4, -0.2) is 49.3 Å². The molecule has 1 aromatic heterocycles. The van der Waals surface area contributed by atoms with Gasteiger partial charge in [0.05, 0.1) is 18.8 Å². The lowest BCUT2D eigenvalue weighted by Crippen LogP contribution is -2.51. The highest BCUT2D eigenvalue weighted by atomic mass is 16.6. The molecule has 19 heavy (non-hydrogen) atoms. The largest absolute Gasteiger partial charge is 0.394 e. The zero-order valence-corrected chi connectivity index (χ0v) is 10.4. The molecule has 106 valence electrons. The summed E-state index contributed by atoms with van der Waals surface area (Å²) in [5.41, 5.74) is -1.07. The number of carbonyl (C=O) groups excluding carboxylic acids is 1. The van der Waals surface area contributed by atoms with Gasteiger partial charge in [0.2, 0.25) is 12.2 Å². The van der Waals surface area contributed by atoms with Crippen LogP contribution < -0.4 is 5.32 Å². The molecule has 0 saturated carbocycles. The predicted molar refractivity (Wildman–Crippen MR) is 64.2 cm³/mol. The molecule has 1 aromatic rings. The maximum absolute atomic E-state index is 11.6. The van der Waals surface area contributed by atoms with Gasteiger partial charge < -0.3 is 30.2 Å². The quantitative estimate of drug-likeness (QED) is 0.433. The Morgan fingerprint density at radius 1 is 1.58 bits per heavy atom. The molecule has 0 atom stereocenters. The normalized spacial score (nSPS) is 11.3. The van der Waals surface area contributed by atoms with Gasteiger partial charge in [0, 0.05) is 13.0 Å². The molecule has 0 aliphatic heterocycles. The SMILES string of the molecule is CC(CO)(CO)NC(=O)CCn1cnc([N+](=O)[O-])c1.